The Morgan fingerprint density at radius 2 is 1.79 bits per heavy atom. The minimum atomic E-state index is -0.689. The third-order valence-corrected chi connectivity index (χ3v) is 3.57. The first kappa shape index (κ1) is 11.5. The smallest absolute Gasteiger partial charge is 0.307 e. The fraction of sp³-hybridized carbons (Fsp3) is 0.909. The Morgan fingerprint density at radius 3 is 2.14 bits per heavy atom. The molecule has 2 unspecified atom stereocenters. The zero-order chi connectivity index (χ0) is 10.9. The van der Waals surface area contributed by atoms with Crippen LogP contribution in [0.25, 0.3) is 0 Å². The summed E-state index contributed by atoms with van der Waals surface area (Å²) in [6.07, 6.45) is 0. The molecule has 0 radical (unpaired) electrons. The summed E-state index contributed by atoms with van der Waals surface area (Å²) in [4.78, 5) is 13.0. The van der Waals surface area contributed by atoms with E-state index in [9.17, 15) is 4.79 Å². The molecule has 0 saturated carbocycles. The van der Waals surface area contributed by atoms with E-state index in [4.69, 9.17) is 5.11 Å². The third kappa shape index (κ3) is 2.27. The van der Waals surface area contributed by atoms with Crippen LogP contribution in [0, 0.1) is 17.8 Å². The van der Waals surface area contributed by atoms with Crippen molar-refractivity contribution in [3.05, 3.63) is 0 Å². The van der Waals surface area contributed by atoms with Gasteiger partial charge in [0, 0.05) is 19.1 Å². The fourth-order valence-electron chi connectivity index (χ4n) is 1.83. The van der Waals surface area contributed by atoms with E-state index in [2.05, 4.69) is 18.7 Å². The minimum absolute atomic E-state index is 0.169. The van der Waals surface area contributed by atoms with Crippen LogP contribution in [0.4, 0.5) is 0 Å². The maximum absolute atomic E-state index is 10.8. The van der Waals surface area contributed by atoms with Crippen molar-refractivity contribution in [1.82, 2.24) is 4.90 Å². The molecule has 1 aliphatic rings. The second-order valence-electron chi connectivity index (χ2n) is 4.83. The molecule has 0 aromatic heterocycles. The van der Waals surface area contributed by atoms with Crippen LogP contribution in [-0.4, -0.2) is 35.1 Å². The largest absolute Gasteiger partial charge is 0.481 e. The molecular weight excluding hydrogens is 178 g/mol. The summed E-state index contributed by atoms with van der Waals surface area (Å²) in [5.74, 6) is 0.533. The Kier molecular flexibility index (Phi) is 3.53. The predicted molar refractivity (Wildman–Crippen MR) is 56.2 cm³/mol. The first-order valence-corrected chi connectivity index (χ1v) is 5.40. The van der Waals surface area contributed by atoms with Crippen LogP contribution in [0.1, 0.15) is 27.7 Å². The molecule has 0 aliphatic carbocycles. The third-order valence-electron chi connectivity index (χ3n) is 3.57. The SMILES string of the molecule is CC(C)C1CN(C(C)C(C)C(=O)O)C1. The zero-order valence-corrected chi connectivity index (χ0v) is 9.53. The minimum Gasteiger partial charge on any atom is -0.481 e. The highest BCUT2D eigenvalue weighted by molar-refractivity contribution is 5.70. The number of carboxylic acids is 1. The summed E-state index contributed by atoms with van der Waals surface area (Å²) in [6, 6.07) is 0.169. The molecule has 0 spiro atoms. The van der Waals surface area contributed by atoms with Crippen LogP contribution >= 0.6 is 0 Å². The number of likely N-dealkylation sites (tertiary alicyclic amines) is 1. The second-order valence-corrected chi connectivity index (χ2v) is 4.83. The second kappa shape index (κ2) is 4.30. The quantitative estimate of drug-likeness (QED) is 0.749. The van der Waals surface area contributed by atoms with Crippen LogP contribution in [0.5, 0.6) is 0 Å². The van der Waals surface area contributed by atoms with Gasteiger partial charge in [0.25, 0.3) is 0 Å². The summed E-state index contributed by atoms with van der Waals surface area (Å²) < 4.78 is 0. The van der Waals surface area contributed by atoms with Gasteiger partial charge in [0.2, 0.25) is 0 Å². The maximum Gasteiger partial charge on any atom is 0.307 e. The molecular formula is C11H21NO2. The van der Waals surface area contributed by atoms with E-state index in [1.54, 1.807) is 6.92 Å². The Labute approximate surface area is 86.1 Å². The van der Waals surface area contributed by atoms with E-state index in [0.29, 0.717) is 0 Å². The van der Waals surface area contributed by atoms with Crippen LogP contribution in [0.15, 0.2) is 0 Å². The van der Waals surface area contributed by atoms with E-state index in [0.717, 1.165) is 24.9 Å². The molecule has 1 fully saturated rings. The highest BCUT2D eigenvalue weighted by atomic mass is 16.4. The number of carbonyl (C=O) groups is 1. The van der Waals surface area contributed by atoms with Gasteiger partial charge in [-0.2, -0.15) is 0 Å². The number of nitrogens with zero attached hydrogens (tertiary/aromatic N) is 1. The van der Waals surface area contributed by atoms with Crippen molar-refractivity contribution in [2.24, 2.45) is 17.8 Å². The summed E-state index contributed by atoms with van der Waals surface area (Å²) >= 11 is 0. The lowest BCUT2D eigenvalue weighted by Gasteiger charge is -2.46. The predicted octanol–water partition coefficient (Wildman–Crippen LogP) is 1.68. The molecule has 1 rings (SSSR count). The van der Waals surface area contributed by atoms with E-state index in [1.165, 1.54) is 0 Å². The first-order valence-electron chi connectivity index (χ1n) is 5.40. The van der Waals surface area contributed by atoms with Gasteiger partial charge >= 0.3 is 5.97 Å². The highest BCUT2D eigenvalue weighted by Crippen LogP contribution is 2.27. The maximum atomic E-state index is 10.8. The Hall–Kier alpha value is -0.570. The van der Waals surface area contributed by atoms with Crippen molar-refractivity contribution >= 4 is 5.97 Å². The average Bonchev–Trinajstić information content (AvgIpc) is 1.98. The van der Waals surface area contributed by atoms with Gasteiger partial charge in [-0.05, 0) is 18.8 Å². The van der Waals surface area contributed by atoms with Crippen LogP contribution < -0.4 is 0 Å². The lowest BCUT2D eigenvalue weighted by atomic mass is 9.85. The molecule has 0 aromatic carbocycles. The molecule has 0 aromatic rings. The number of hydrogen-bond donors (Lipinski definition) is 1. The van der Waals surface area contributed by atoms with Crippen molar-refractivity contribution in [3.63, 3.8) is 0 Å². The van der Waals surface area contributed by atoms with Crippen LogP contribution in [-0.2, 0) is 4.79 Å². The Bertz CT molecular complexity index is 209. The van der Waals surface area contributed by atoms with Crippen molar-refractivity contribution in [1.29, 1.82) is 0 Å². The highest BCUT2D eigenvalue weighted by Gasteiger charge is 2.35. The van der Waals surface area contributed by atoms with Gasteiger partial charge in [-0.15, -0.1) is 0 Å². The molecule has 1 N–H and O–H groups in total. The lowest BCUT2D eigenvalue weighted by molar-refractivity contribution is -0.144. The van der Waals surface area contributed by atoms with Crippen molar-refractivity contribution in [2.45, 2.75) is 33.7 Å². The molecule has 2 atom stereocenters. The molecule has 82 valence electrons. The lowest BCUT2D eigenvalue weighted by Crippen LogP contribution is -2.55. The molecule has 3 nitrogen and oxygen atoms in total. The molecule has 0 bridgehead atoms. The average molecular weight is 199 g/mol. The normalized spacial score (nSPS) is 23.2. The summed E-state index contributed by atoms with van der Waals surface area (Å²) in [7, 11) is 0. The molecule has 1 heterocycles. The van der Waals surface area contributed by atoms with Gasteiger partial charge in [-0.25, -0.2) is 0 Å². The number of hydrogen-bond acceptors (Lipinski definition) is 2. The monoisotopic (exact) mass is 199 g/mol. The number of aliphatic carboxylic acids is 1. The standard InChI is InChI=1S/C11H21NO2/c1-7(2)10-5-12(6-10)9(4)8(3)11(13)14/h7-10H,5-6H2,1-4H3,(H,13,14). The van der Waals surface area contributed by atoms with E-state index in [1.807, 2.05) is 6.92 Å². The molecule has 0 amide bonds. The van der Waals surface area contributed by atoms with Gasteiger partial charge in [0.1, 0.15) is 0 Å². The van der Waals surface area contributed by atoms with Crippen molar-refractivity contribution in [3.8, 4) is 0 Å². The zero-order valence-electron chi connectivity index (χ0n) is 9.53. The first-order chi connectivity index (χ1) is 6.43. The summed E-state index contributed by atoms with van der Waals surface area (Å²) in [5, 5.41) is 8.87. The van der Waals surface area contributed by atoms with Gasteiger partial charge < -0.3 is 5.11 Å². The van der Waals surface area contributed by atoms with Crippen molar-refractivity contribution < 1.29 is 9.90 Å². The molecule has 14 heavy (non-hydrogen) atoms. The van der Waals surface area contributed by atoms with E-state index < -0.39 is 5.97 Å². The fourth-order valence-corrected chi connectivity index (χ4v) is 1.83. The summed E-state index contributed by atoms with van der Waals surface area (Å²) in [5.41, 5.74) is 0. The summed E-state index contributed by atoms with van der Waals surface area (Å²) in [6.45, 7) is 10.4. The Balaban J connectivity index is 2.36. The molecule has 1 saturated heterocycles. The molecule has 1 aliphatic heterocycles. The van der Waals surface area contributed by atoms with Crippen LogP contribution in [0.2, 0.25) is 0 Å². The van der Waals surface area contributed by atoms with Crippen LogP contribution in [0.3, 0.4) is 0 Å². The van der Waals surface area contributed by atoms with Gasteiger partial charge in [0.15, 0.2) is 0 Å². The van der Waals surface area contributed by atoms with E-state index >= 15 is 0 Å². The van der Waals surface area contributed by atoms with Gasteiger partial charge in [-0.1, -0.05) is 20.8 Å². The number of rotatable bonds is 4. The Morgan fingerprint density at radius 1 is 1.29 bits per heavy atom. The molecule has 3 heteroatoms. The van der Waals surface area contributed by atoms with Gasteiger partial charge in [-0.3, -0.25) is 9.69 Å². The van der Waals surface area contributed by atoms with Crippen molar-refractivity contribution in [2.75, 3.05) is 13.1 Å². The van der Waals surface area contributed by atoms with E-state index in [-0.39, 0.29) is 12.0 Å². The number of carboxylic acid groups (broad SMARTS) is 1. The topological polar surface area (TPSA) is 40.5 Å². The van der Waals surface area contributed by atoms with Gasteiger partial charge in [0.05, 0.1) is 5.92 Å².